The highest BCUT2D eigenvalue weighted by molar-refractivity contribution is 7.15. The van der Waals surface area contributed by atoms with Crippen molar-refractivity contribution in [1.29, 1.82) is 0 Å². The first-order valence-electron chi connectivity index (χ1n) is 6.66. The van der Waals surface area contributed by atoms with E-state index < -0.39 is 0 Å². The quantitative estimate of drug-likeness (QED) is 0.883. The molecule has 0 amide bonds. The Kier molecular flexibility index (Phi) is 5.09. The first-order chi connectivity index (χ1) is 9.69. The molecule has 0 saturated carbocycles. The molecule has 0 bridgehead atoms. The summed E-state index contributed by atoms with van der Waals surface area (Å²) in [5.41, 5.74) is 2.03. The Morgan fingerprint density at radius 2 is 2.20 bits per heavy atom. The van der Waals surface area contributed by atoms with Crippen LogP contribution in [0.5, 0.6) is 5.75 Å². The molecule has 0 aliphatic heterocycles. The molecule has 108 valence electrons. The normalized spacial score (nSPS) is 10.8. The highest BCUT2D eigenvalue weighted by Crippen LogP contribution is 2.31. The van der Waals surface area contributed by atoms with Crippen LogP contribution in [-0.4, -0.2) is 19.1 Å². The Labute approximate surface area is 122 Å². The number of methoxy groups -OCH3 is 1. The summed E-state index contributed by atoms with van der Waals surface area (Å²) in [4.78, 5) is 5.94. The maximum atomic E-state index is 13.5. The van der Waals surface area contributed by atoms with Gasteiger partial charge in [0.1, 0.15) is 5.01 Å². The van der Waals surface area contributed by atoms with E-state index in [0.29, 0.717) is 0 Å². The smallest absolute Gasteiger partial charge is 0.165 e. The number of thiazole rings is 1. The van der Waals surface area contributed by atoms with Crippen molar-refractivity contribution in [3.63, 3.8) is 0 Å². The summed E-state index contributed by atoms with van der Waals surface area (Å²) in [7, 11) is 3.40. The molecule has 2 aromatic rings. The minimum atomic E-state index is -0.350. The topological polar surface area (TPSA) is 34.1 Å². The van der Waals surface area contributed by atoms with Crippen molar-refractivity contribution in [1.82, 2.24) is 10.3 Å². The second kappa shape index (κ2) is 6.81. The van der Waals surface area contributed by atoms with E-state index in [0.717, 1.165) is 35.7 Å². The Balaban J connectivity index is 2.39. The molecule has 0 radical (unpaired) electrons. The molecule has 5 heteroatoms. The van der Waals surface area contributed by atoms with E-state index in [4.69, 9.17) is 9.72 Å². The number of benzene rings is 1. The van der Waals surface area contributed by atoms with Crippen LogP contribution in [0.4, 0.5) is 4.39 Å². The van der Waals surface area contributed by atoms with E-state index in [1.807, 2.05) is 7.05 Å². The molecule has 0 aliphatic carbocycles. The van der Waals surface area contributed by atoms with E-state index in [9.17, 15) is 4.39 Å². The van der Waals surface area contributed by atoms with Gasteiger partial charge in [-0.05, 0) is 31.7 Å². The van der Waals surface area contributed by atoms with Gasteiger partial charge in [-0.3, -0.25) is 0 Å². The second-order valence-corrected chi connectivity index (χ2v) is 5.60. The van der Waals surface area contributed by atoms with E-state index in [2.05, 4.69) is 12.2 Å². The number of nitrogens with one attached hydrogen (secondary N) is 1. The Morgan fingerprint density at radius 3 is 2.85 bits per heavy atom. The molecule has 1 N–H and O–H groups in total. The van der Waals surface area contributed by atoms with Crippen LogP contribution in [0.2, 0.25) is 0 Å². The van der Waals surface area contributed by atoms with Crippen LogP contribution in [0.1, 0.15) is 23.9 Å². The fourth-order valence-corrected chi connectivity index (χ4v) is 3.15. The molecule has 20 heavy (non-hydrogen) atoms. The van der Waals surface area contributed by atoms with Gasteiger partial charge >= 0.3 is 0 Å². The van der Waals surface area contributed by atoms with Gasteiger partial charge < -0.3 is 10.1 Å². The summed E-state index contributed by atoms with van der Waals surface area (Å²) in [5.74, 6) is -0.0954. The predicted octanol–water partition coefficient (Wildman–Crippen LogP) is 3.63. The number of ether oxygens (including phenoxy) is 1. The lowest BCUT2D eigenvalue weighted by atomic mass is 10.2. The van der Waals surface area contributed by atoms with Gasteiger partial charge in [0.2, 0.25) is 0 Å². The van der Waals surface area contributed by atoms with Crippen molar-refractivity contribution >= 4 is 11.3 Å². The summed E-state index contributed by atoms with van der Waals surface area (Å²) < 4.78 is 18.5. The molecule has 0 saturated heterocycles. The summed E-state index contributed by atoms with van der Waals surface area (Å²) >= 11 is 1.65. The lowest BCUT2D eigenvalue weighted by Crippen LogP contribution is -2.05. The average molecular weight is 294 g/mol. The van der Waals surface area contributed by atoms with Crippen LogP contribution in [0, 0.1) is 5.82 Å². The predicted molar refractivity (Wildman–Crippen MR) is 80.8 cm³/mol. The van der Waals surface area contributed by atoms with Gasteiger partial charge in [0.15, 0.2) is 11.6 Å². The van der Waals surface area contributed by atoms with Crippen LogP contribution in [0.25, 0.3) is 10.6 Å². The van der Waals surface area contributed by atoms with Gasteiger partial charge in [0.25, 0.3) is 0 Å². The number of hydrogen-bond acceptors (Lipinski definition) is 4. The molecule has 1 aromatic carbocycles. The van der Waals surface area contributed by atoms with Crippen LogP contribution in [0.15, 0.2) is 18.2 Å². The van der Waals surface area contributed by atoms with Gasteiger partial charge in [-0.25, -0.2) is 9.37 Å². The fraction of sp³-hybridized carbons (Fsp3) is 0.400. The molecule has 0 atom stereocenters. The Morgan fingerprint density at radius 1 is 1.40 bits per heavy atom. The fourth-order valence-electron chi connectivity index (χ4n) is 2.03. The number of rotatable bonds is 6. The molecule has 0 fully saturated rings. The van der Waals surface area contributed by atoms with Gasteiger partial charge in [-0.15, -0.1) is 11.3 Å². The lowest BCUT2D eigenvalue weighted by molar-refractivity contribution is 0.387. The lowest BCUT2D eigenvalue weighted by Gasteiger charge is -2.03. The highest BCUT2D eigenvalue weighted by atomic mass is 32.1. The number of aryl methyl sites for hydroxylation is 1. The molecule has 1 aromatic heterocycles. The summed E-state index contributed by atoms with van der Waals surface area (Å²) in [6, 6.07) is 4.87. The maximum absolute atomic E-state index is 13.5. The van der Waals surface area contributed by atoms with Gasteiger partial charge in [0, 0.05) is 17.0 Å². The van der Waals surface area contributed by atoms with Gasteiger partial charge in [-0.2, -0.15) is 0 Å². The molecule has 0 spiro atoms. The SMILES string of the molecule is CCCc1nc(-c2ccc(F)c(OC)c2)sc1CNC. The second-order valence-electron chi connectivity index (χ2n) is 4.52. The zero-order valence-corrected chi connectivity index (χ0v) is 12.8. The number of aromatic nitrogens is 1. The van der Waals surface area contributed by atoms with Gasteiger partial charge in [-0.1, -0.05) is 13.3 Å². The molecule has 2 rings (SSSR count). The van der Waals surface area contributed by atoms with Crippen LogP contribution >= 0.6 is 11.3 Å². The first-order valence-corrected chi connectivity index (χ1v) is 7.48. The third-order valence-corrected chi connectivity index (χ3v) is 4.15. The molecule has 1 heterocycles. The van der Waals surface area contributed by atoms with E-state index >= 15 is 0 Å². The minimum Gasteiger partial charge on any atom is -0.494 e. The van der Waals surface area contributed by atoms with Crippen LogP contribution in [-0.2, 0) is 13.0 Å². The molecule has 3 nitrogen and oxygen atoms in total. The third-order valence-electron chi connectivity index (χ3n) is 3.00. The van der Waals surface area contributed by atoms with E-state index in [1.54, 1.807) is 23.5 Å². The number of hydrogen-bond donors (Lipinski definition) is 1. The zero-order valence-electron chi connectivity index (χ0n) is 12.0. The minimum absolute atomic E-state index is 0.255. The van der Waals surface area contributed by atoms with Crippen molar-refractivity contribution in [3.05, 3.63) is 34.6 Å². The molecule has 0 unspecified atom stereocenters. The van der Waals surface area contributed by atoms with Crippen molar-refractivity contribution in [3.8, 4) is 16.3 Å². The van der Waals surface area contributed by atoms with Crippen LogP contribution < -0.4 is 10.1 Å². The van der Waals surface area contributed by atoms with Crippen molar-refractivity contribution in [2.45, 2.75) is 26.3 Å². The standard InChI is InChI=1S/C15H19FN2OS/c1-4-5-12-14(9-17-2)20-15(18-12)10-6-7-11(16)13(8-10)19-3/h6-8,17H,4-5,9H2,1-3H3. The monoisotopic (exact) mass is 294 g/mol. The number of halogens is 1. The zero-order chi connectivity index (χ0) is 14.5. The highest BCUT2D eigenvalue weighted by Gasteiger charge is 2.13. The summed E-state index contributed by atoms with van der Waals surface area (Å²) in [5, 5.41) is 4.08. The summed E-state index contributed by atoms with van der Waals surface area (Å²) in [6.45, 7) is 2.95. The van der Waals surface area contributed by atoms with E-state index in [-0.39, 0.29) is 11.6 Å². The summed E-state index contributed by atoms with van der Waals surface area (Å²) in [6.07, 6.45) is 2.03. The van der Waals surface area contributed by atoms with Gasteiger partial charge in [0.05, 0.1) is 12.8 Å². The molecular formula is C15H19FN2OS. The maximum Gasteiger partial charge on any atom is 0.165 e. The van der Waals surface area contributed by atoms with Crippen molar-refractivity contribution in [2.24, 2.45) is 0 Å². The Bertz CT molecular complexity index is 560. The third kappa shape index (κ3) is 3.16. The van der Waals surface area contributed by atoms with E-state index in [1.165, 1.54) is 18.1 Å². The first kappa shape index (κ1) is 14.9. The Hall–Kier alpha value is -1.46. The molecular weight excluding hydrogens is 275 g/mol. The van der Waals surface area contributed by atoms with Crippen molar-refractivity contribution in [2.75, 3.05) is 14.2 Å². The molecule has 0 aliphatic rings. The average Bonchev–Trinajstić information content (AvgIpc) is 2.83. The van der Waals surface area contributed by atoms with Crippen LogP contribution in [0.3, 0.4) is 0 Å². The number of nitrogens with zero attached hydrogens (tertiary/aromatic N) is 1. The van der Waals surface area contributed by atoms with Crippen molar-refractivity contribution < 1.29 is 9.13 Å². The largest absolute Gasteiger partial charge is 0.494 e.